The molecule has 0 aromatic carbocycles. The van der Waals surface area contributed by atoms with Crippen LogP contribution in [-0.4, -0.2) is 34.8 Å². The maximum Gasteiger partial charge on any atom is 0.263 e. The Morgan fingerprint density at radius 1 is 1.47 bits per heavy atom. The van der Waals surface area contributed by atoms with Gasteiger partial charge in [-0.2, -0.15) is 4.31 Å². The molecule has 0 N–H and O–H groups in total. The zero-order chi connectivity index (χ0) is 14.2. The molecule has 10 heteroatoms. The van der Waals surface area contributed by atoms with Crippen LogP contribution in [0.1, 0.15) is 5.56 Å². The van der Waals surface area contributed by atoms with Crippen molar-refractivity contribution >= 4 is 53.2 Å². The number of aromatic nitrogens is 3. The van der Waals surface area contributed by atoms with Gasteiger partial charge < -0.3 is 0 Å². The van der Waals surface area contributed by atoms with Gasteiger partial charge in [0.25, 0.3) is 10.0 Å². The first kappa shape index (κ1) is 15.1. The van der Waals surface area contributed by atoms with Gasteiger partial charge in [-0.05, 0) is 48.9 Å². The molecule has 0 unspecified atom stereocenters. The highest BCUT2D eigenvalue weighted by atomic mass is 79.9. The number of rotatable bonds is 4. The van der Waals surface area contributed by atoms with E-state index in [1.165, 1.54) is 27.4 Å². The van der Waals surface area contributed by atoms with Gasteiger partial charge in [0.05, 0.1) is 3.79 Å². The van der Waals surface area contributed by atoms with Crippen LogP contribution in [0.15, 0.2) is 24.9 Å². The predicted octanol–water partition coefficient (Wildman–Crippen LogP) is 2.22. The van der Waals surface area contributed by atoms with Crippen LogP contribution in [0, 0.1) is 0 Å². The van der Waals surface area contributed by atoms with Crippen molar-refractivity contribution in [2.45, 2.75) is 11.6 Å². The largest absolute Gasteiger partial charge is 0.263 e. The highest BCUT2D eigenvalue weighted by Gasteiger charge is 2.28. The fraction of sp³-hybridized carbons (Fsp3) is 0.333. The lowest BCUT2D eigenvalue weighted by molar-refractivity contribution is 0.457. The van der Waals surface area contributed by atoms with E-state index in [1.54, 1.807) is 7.05 Å². The third kappa shape index (κ3) is 3.07. The Balaban J connectivity index is 2.30. The molecule has 0 bridgehead atoms. The second kappa shape index (κ2) is 5.60. The zero-order valence-electron chi connectivity index (χ0n) is 10.0. The van der Waals surface area contributed by atoms with E-state index < -0.39 is 10.0 Å². The Morgan fingerprint density at radius 3 is 2.63 bits per heavy atom. The number of nitrogens with zero attached hydrogens (tertiary/aromatic N) is 4. The Bertz CT molecular complexity index is 675. The lowest BCUT2D eigenvalue weighted by Crippen LogP contribution is -2.28. The number of aryl methyl sites for hydroxylation is 1. The van der Waals surface area contributed by atoms with Crippen LogP contribution in [0.5, 0.6) is 0 Å². The highest BCUT2D eigenvalue weighted by Crippen LogP contribution is 2.25. The summed E-state index contributed by atoms with van der Waals surface area (Å²) < 4.78 is 28.6. The van der Waals surface area contributed by atoms with Gasteiger partial charge in [0.1, 0.15) is 0 Å². The van der Waals surface area contributed by atoms with E-state index in [1.807, 2.05) is 11.4 Å². The maximum absolute atomic E-state index is 12.4. The standard InChI is InChI=1S/C9H10Br2N4O2S2/c1-14(4-6-3-7(10)18-5-6)19(16,17)9-8(11)12-13-15(9)2/h3,5H,4H2,1-2H3. The minimum absolute atomic E-state index is 0.0456. The van der Waals surface area contributed by atoms with E-state index in [9.17, 15) is 8.42 Å². The second-order valence-electron chi connectivity index (χ2n) is 3.83. The SMILES string of the molecule is CN(Cc1csc(Br)c1)S(=O)(=O)c1c(Br)nnn1C. The summed E-state index contributed by atoms with van der Waals surface area (Å²) in [4.78, 5) is 0. The quantitative estimate of drug-likeness (QED) is 0.747. The van der Waals surface area contributed by atoms with Gasteiger partial charge in [0.15, 0.2) is 4.60 Å². The van der Waals surface area contributed by atoms with Crippen LogP contribution in [0.3, 0.4) is 0 Å². The van der Waals surface area contributed by atoms with Crippen molar-refractivity contribution in [3.05, 3.63) is 25.4 Å². The third-order valence-corrected chi connectivity index (χ3v) is 6.66. The molecule has 0 radical (unpaired) electrons. The molecule has 0 fully saturated rings. The van der Waals surface area contributed by atoms with Gasteiger partial charge in [-0.15, -0.1) is 16.4 Å². The Kier molecular flexibility index (Phi) is 4.45. The van der Waals surface area contributed by atoms with Crippen molar-refractivity contribution in [2.75, 3.05) is 7.05 Å². The molecule has 104 valence electrons. The molecule has 0 saturated carbocycles. The molecular weight excluding hydrogens is 420 g/mol. The Hall–Kier alpha value is -0.290. The van der Waals surface area contributed by atoms with Crippen LogP contribution in [-0.2, 0) is 23.6 Å². The van der Waals surface area contributed by atoms with Crippen molar-refractivity contribution < 1.29 is 8.42 Å². The number of halogens is 2. The van der Waals surface area contributed by atoms with Gasteiger partial charge in [0.2, 0.25) is 5.03 Å². The summed E-state index contributed by atoms with van der Waals surface area (Å²) in [5, 5.41) is 9.33. The lowest BCUT2D eigenvalue weighted by Gasteiger charge is -2.16. The second-order valence-corrected chi connectivity index (χ2v) is 8.83. The number of hydrogen-bond donors (Lipinski definition) is 0. The average Bonchev–Trinajstić information content (AvgIpc) is 2.85. The van der Waals surface area contributed by atoms with E-state index >= 15 is 0 Å². The molecule has 2 aromatic rings. The Labute approximate surface area is 131 Å². The lowest BCUT2D eigenvalue weighted by atomic mass is 10.3. The first-order chi connectivity index (χ1) is 8.82. The van der Waals surface area contributed by atoms with Crippen LogP contribution in [0.2, 0.25) is 0 Å². The van der Waals surface area contributed by atoms with Crippen molar-refractivity contribution in [3.63, 3.8) is 0 Å². The first-order valence-electron chi connectivity index (χ1n) is 5.07. The number of sulfonamides is 1. The van der Waals surface area contributed by atoms with Crippen LogP contribution in [0.4, 0.5) is 0 Å². The summed E-state index contributed by atoms with van der Waals surface area (Å²) in [5.41, 5.74) is 0.925. The van der Waals surface area contributed by atoms with Crippen molar-refractivity contribution in [2.24, 2.45) is 7.05 Å². The van der Waals surface area contributed by atoms with Crippen molar-refractivity contribution in [1.82, 2.24) is 19.3 Å². The van der Waals surface area contributed by atoms with Gasteiger partial charge in [0, 0.05) is 20.6 Å². The smallest absolute Gasteiger partial charge is 0.235 e. The van der Waals surface area contributed by atoms with Gasteiger partial charge in [-0.3, -0.25) is 0 Å². The molecule has 0 aliphatic heterocycles. The molecule has 0 saturated heterocycles. The zero-order valence-corrected chi connectivity index (χ0v) is 14.8. The summed E-state index contributed by atoms with van der Waals surface area (Å²) in [7, 11) is -0.563. The monoisotopic (exact) mass is 428 g/mol. The topological polar surface area (TPSA) is 68.1 Å². The van der Waals surface area contributed by atoms with Crippen LogP contribution >= 0.6 is 43.2 Å². The molecule has 6 nitrogen and oxygen atoms in total. The third-order valence-electron chi connectivity index (χ3n) is 2.42. The van der Waals surface area contributed by atoms with Crippen molar-refractivity contribution in [3.8, 4) is 0 Å². The first-order valence-corrected chi connectivity index (χ1v) is 8.97. The van der Waals surface area contributed by atoms with Gasteiger partial charge >= 0.3 is 0 Å². The molecule has 0 aliphatic carbocycles. The van der Waals surface area contributed by atoms with E-state index in [0.717, 1.165) is 9.35 Å². The van der Waals surface area contributed by atoms with Gasteiger partial charge in [-0.1, -0.05) is 5.21 Å². The van der Waals surface area contributed by atoms with E-state index in [0.29, 0.717) is 6.54 Å². The van der Waals surface area contributed by atoms with E-state index in [2.05, 4.69) is 42.2 Å². The van der Waals surface area contributed by atoms with Crippen LogP contribution in [0.25, 0.3) is 0 Å². The summed E-state index contributed by atoms with van der Waals surface area (Å²) in [6, 6.07) is 1.90. The van der Waals surface area contributed by atoms with E-state index in [-0.39, 0.29) is 9.63 Å². The summed E-state index contributed by atoms with van der Waals surface area (Å²) in [5.74, 6) is 0. The molecule has 0 spiro atoms. The minimum Gasteiger partial charge on any atom is -0.235 e. The average molecular weight is 430 g/mol. The number of thiophene rings is 1. The Morgan fingerprint density at radius 2 is 2.16 bits per heavy atom. The number of hydrogen-bond acceptors (Lipinski definition) is 5. The summed E-state index contributed by atoms with van der Waals surface area (Å²) in [6.45, 7) is 0.294. The molecule has 2 aromatic heterocycles. The highest BCUT2D eigenvalue weighted by molar-refractivity contribution is 9.11. The molecule has 2 rings (SSSR count). The molecule has 2 heterocycles. The summed E-state index contributed by atoms with van der Waals surface area (Å²) >= 11 is 7.98. The summed E-state index contributed by atoms with van der Waals surface area (Å²) in [6.07, 6.45) is 0. The predicted molar refractivity (Wildman–Crippen MR) is 79.4 cm³/mol. The maximum atomic E-state index is 12.4. The van der Waals surface area contributed by atoms with Gasteiger partial charge in [-0.25, -0.2) is 13.1 Å². The molecule has 0 aliphatic rings. The van der Waals surface area contributed by atoms with Crippen molar-refractivity contribution in [1.29, 1.82) is 0 Å². The fourth-order valence-corrected chi connectivity index (χ4v) is 4.89. The van der Waals surface area contributed by atoms with E-state index in [4.69, 9.17) is 0 Å². The fourth-order valence-electron chi connectivity index (χ4n) is 1.52. The van der Waals surface area contributed by atoms with Crippen LogP contribution < -0.4 is 0 Å². The molecule has 0 atom stereocenters. The molecule has 19 heavy (non-hydrogen) atoms. The molecular formula is C9H10Br2N4O2S2. The minimum atomic E-state index is -3.63. The normalized spacial score (nSPS) is 12.3. The molecule has 0 amide bonds.